The molecule has 18 heavy (non-hydrogen) atoms. The molecule has 0 atom stereocenters. The Labute approximate surface area is 107 Å². The Morgan fingerprint density at radius 3 is 2.83 bits per heavy atom. The zero-order valence-corrected chi connectivity index (χ0v) is 9.86. The highest BCUT2D eigenvalue weighted by atomic mass is 35.5. The summed E-state index contributed by atoms with van der Waals surface area (Å²) < 4.78 is 1.56. The van der Waals surface area contributed by atoms with Gasteiger partial charge in [-0.3, -0.25) is 0 Å². The van der Waals surface area contributed by atoms with Crippen molar-refractivity contribution in [1.82, 2.24) is 30.2 Å². The number of hydrogen-bond acceptors (Lipinski definition) is 5. The summed E-state index contributed by atoms with van der Waals surface area (Å²) in [7, 11) is 0. The minimum Gasteiger partial charge on any atom is -0.245 e. The van der Waals surface area contributed by atoms with Crippen LogP contribution in [0.5, 0.6) is 0 Å². The molecule has 7 heteroatoms. The van der Waals surface area contributed by atoms with Gasteiger partial charge in [-0.15, -0.1) is 5.10 Å². The van der Waals surface area contributed by atoms with Crippen LogP contribution >= 0.6 is 11.6 Å². The lowest BCUT2D eigenvalue weighted by Gasteiger charge is -2.08. The number of hydrogen-bond donors (Lipinski definition) is 0. The van der Waals surface area contributed by atoms with E-state index >= 15 is 0 Å². The van der Waals surface area contributed by atoms with Crippen molar-refractivity contribution in [2.75, 3.05) is 0 Å². The van der Waals surface area contributed by atoms with Crippen LogP contribution in [0.15, 0.2) is 43.1 Å². The van der Waals surface area contributed by atoms with Gasteiger partial charge in [-0.2, -0.15) is 4.68 Å². The monoisotopic (exact) mass is 258 g/mol. The van der Waals surface area contributed by atoms with Gasteiger partial charge in [0.25, 0.3) is 0 Å². The molecule has 0 N–H and O–H groups in total. The van der Waals surface area contributed by atoms with Crippen LogP contribution in [0.4, 0.5) is 0 Å². The molecule has 1 aromatic carbocycles. The first-order valence-corrected chi connectivity index (χ1v) is 5.52. The highest BCUT2D eigenvalue weighted by molar-refractivity contribution is 6.31. The van der Waals surface area contributed by atoms with Gasteiger partial charge < -0.3 is 0 Å². The predicted octanol–water partition coefficient (Wildman–Crippen LogP) is 1.77. The minimum atomic E-state index is 0.625. The molecule has 0 saturated heterocycles. The number of halogens is 1. The first-order chi connectivity index (χ1) is 8.84. The lowest BCUT2D eigenvalue weighted by atomic mass is 10.1. The normalized spacial score (nSPS) is 10.5. The molecule has 0 aliphatic carbocycles. The fourth-order valence-corrected chi connectivity index (χ4v) is 1.81. The Hall–Kier alpha value is -2.34. The molecule has 0 spiro atoms. The standard InChI is InChI=1S/C11H7ClN6/c12-8-1-2-11(18-7-15-16-17-18)9(5-8)10-3-4-13-6-14-10/h1-7H. The molecule has 0 unspecified atom stereocenters. The van der Waals surface area contributed by atoms with Crippen LogP contribution in [0.2, 0.25) is 5.02 Å². The molecule has 0 amide bonds. The van der Waals surface area contributed by atoms with E-state index in [4.69, 9.17) is 11.6 Å². The summed E-state index contributed by atoms with van der Waals surface area (Å²) in [5.41, 5.74) is 2.42. The Morgan fingerprint density at radius 2 is 2.11 bits per heavy atom. The van der Waals surface area contributed by atoms with Crippen molar-refractivity contribution in [1.29, 1.82) is 0 Å². The van der Waals surface area contributed by atoms with E-state index in [1.165, 1.54) is 12.7 Å². The van der Waals surface area contributed by atoms with Crippen molar-refractivity contribution in [3.05, 3.63) is 48.1 Å². The molecule has 0 bridgehead atoms. The van der Waals surface area contributed by atoms with Crippen LogP contribution in [0, 0.1) is 0 Å². The summed E-state index contributed by atoms with van der Waals surface area (Å²) in [5, 5.41) is 11.7. The Balaban J connectivity index is 2.22. The van der Waals surface area contributed by atoms with Crippen molar-refractivity contribution < 1.29 is 0 Å². The molecule has 3 rings (SSSR count). The summed E-state index contributed by atoms with van der Waals surface area (Å²) in [6.45, 7) is 0. The summed E-state index contributed by atoms with van der Waals surface area (Å²) in [6.07, 6.45) is 4.68. The molecular weight excluding hydrogens is 252 g/mol. The quantitative estimate of drug-likeness (QED) is 0.701. The van der Waals surface area contributed by atoms with Crippen LogP contribution in [0.3, 0.4) is 0 Å². The van der Waals surface area contributed by atoms with Gasteiger partial charge in [-0.1, -0.05) is 11.6 Å². The third-order valence-electron chi connectivity index (χ3n) is 2.41. The maximum Gasteiger partial charge on any atom is 0.143 e. The van der Waals surface area contributed by atoms with Crippen molar-refractivity contribution in [2.45, 2.75) is 0 Å². The van der Waals surface area contributed by atoms with E-state index in [0.717, 1.165) is 16.9 Å². The summed E-state index contributed by atoms with van der Waals surface area (Å²) in [5.74, 6) is 0. The lowest BCUT2D eigenvalue weighted by molar-refractivity contribution is 0.790. The molecule has 3 aromatic rings. The second-order valence-corrected chi connectivity index (χ2v) is 3.95. The molecule has 0 saturated carbocycles. The maximum atomic E-state index is 6.02. The average molecular weight is 259 g/mol. The topological polar surface area (TPSA) is 69.4 Å². The SMILES string of the molecule is Clc1ccc(-n2cnnn2)c(-c2ccncn2)c1. The van der Waals surface area contributed by atoms with Crippen molar-refractivity contribution in [3.63, 3.8) is 0 Å². The zero-order valence-electron chi connectivity index (χ0n) is 9.10. The lowest BCUT2D eigenvalue weighted by Crippen LogP contribution is -1.99. The Bertz CT molecular complexity index is 653. The first kappa shape index (κ1) is 10.8. The van der Waals surface area contributed by atoms with E-state index in [0.29, 0.717) is 5.02 Å². The third-order valence-corrected chi connectivity index (χ3v) is 2.65. The number of tetrazole rings is 1. The third kappa shape index (κ3) is 1.93. The molecule has 0 fully saturated rings. The molecule has 0 aliphatic rings. The fraction of sp³-hybridized carbons (Fsp3) is 0. The van der Waals surface area contributed by atoms with Crippen molar-refractivity contribution >= 4 is 11.6 Å². The molecule has 6 nitrogen and oxygen atoms in total. The van der Waals surface area contributed by atoms with E-state index < -0.39 is 0 Å². The van der Waals surface area contributed by atoms with Crippen molar-refractivity contribution in [2.24, 2.45) is 0 Å². The van der Waals surface area contributed by atoms with Gasteiger partial charge >= 0.3 is 0 Å². The van der Waals surface area contributed by atoms with Gasteiger partial charge in [0.05, 0.1) is 11.4 Å². The van der Waals surface area contributed by atoms with Gasteiger partial charge in [0.1, 0.15) is 12.7 Å². The van der Waals surface area contributed by atoms with Gasteiger partial charge in [-0.25, -0.2) is 9.97 Å². The number of benzene rings is 1. The molecule has 2 aromatic heterocycles. The summed E-state index contributed by atoms with van der Waals surface area (Å²) in [4.78, 5) is 8.10. The molecule has 2 heterocycles. The van der Waals surface area contributed by atoms with Crippen LogP contribution < -0.4 is 0 Å². The van der Waals surface area contributed by atoms with Crippen LogP contribution in [-0.2, 0) is 0 Å². The highest BCUT2D eigenvalue weighted by Gasteiger charge is 2.09. The average Bonchev–Trinajstić information content (AvgIpc) is 2.93. The number of nitrogens with zero attached hydrogens (tertiary/aromatic N) is 6. The van der Waals surface area contributed by atoms with Crippen LogP contribution in [-0.4, -0.2) is 30.2 Å². The Morgan fingerprint density at radius 1 is 1.17 bits per heavy atom. The van der Waals surface area contributed by atoms with Gasteiger partial charge in [0.15, 0.2) is 0 Å². The molecule has 0 aliphatic heterocycles. The second kappa shape index (κ2) is 4.50. The van der Waals surface area contributed by atoms with E-state index in [1.807, 2.05) is 12.1 Å². The maximum absolute atomic E-state index is 6.02. The fourth-order valence-electron chi connectivity index (χ4n) is 1.63. The van der Waals surface area contributed by atoms with Gasteiger partial charge in [-0.05, 0) is 34.7 Å². The Kier molecular flexibility index (Phi) is 2.70. The van der Waals surface area contributed by atoms with E-state index in [9.17, 15) is 0 Å². The molecular formula is C11H7ClN6. The molecule has 0 radical (unpaired) electrons. The minimum absolute atomic E-state index is 0.625. The first-order valence-electron chi connectivity index (χ1n) is 5.14. The molecule has 88 valence electrons. The van der Waals surface area contributed by atoms with E-state index in [-0.39, 0.29) is 0 Å². The summed E-state index contributed by atoms with van der Waals surface area (Å²) >= 11 is 6.02. The highest BCUT2D eigenvalue weighted by Crippen LogP contribution is 2.27. The van der Waals surface area contributed by atoms with Crippen LogP contribution in [0.25, 0.3) is 16.9 Å². The van der Waals surface area contributed by atoms with Gasteiger partial charge in [0, 0.05) is 16.8 Å². The second-order valence-electron chi connectivity index (χ2n) is 3.51. The largest absolute Gasteiger partial charge is 0.245 e. The van der Waals surface area contributed by atoms with Gasteiger partial charge in [0.2, 0.25) is 0 Å². The number of aromatic nitrogens is 6. The van der Waals surface area contributed by atoms with Crippen LogP contribution in [0.1, 0.15) is 0 Å². The van der Waals surface area contributed by atoms with Crippen molar-refractivity contribution in [3.8, 4) is 16.9 Å². The predicted molar refractivity (Wildman–Crippen MR) is 65.2 cm³/mol. The van der Waals surface area contributed by atoms with E-state index in [1.54, 1.807) is 23.0 Å². The number of rotatable bonds is 2. The smallest absolute Gasteiger partial charge is 0.143 e. The zero-order chi connectivity index (χ0) is 12.4. The van der Waals surface area contributed by atoms with E-state index in [2.05, 4.69) is 25.5 Å². The summed E-state index contributed by atoms with van der Waals surface area (Å²) in [6, 6.07) is 7.25.